The molecule has 0 aliphatic carbocycles. The van der Waals surface area contributed by atoms with Gasteiger partial charge in [0, 0.05) is 0 Å². The zero-order valence-corrected chi connectivity index (χ0v) is 11.3. The Bertz CT molecular complexity index is 759. The number of hydrogen-bond donors (Lipinski definition) is 0. The van der Waals surface area contributed by atoms with Crippen molar-refractivity contribution in [2.24, 2.45) is 0 Å². The minimum Gasteiger partial charge on any atom is -0.465 e. The smallest absolute Gasteiger partial charge is 0.338 e. The third-order valence-electron chi connectivity index (χ3n) is 3.23. The molecule has 21 heavy (non-hydrogen) atoms. The number of carbonyl (C=O) groups is 2. The number of ketones is 1. The van der Waals surface area contributed by atoms with Crippen LogP contribution in [0.4, 0.5) is 0 Å². The van der Waals surface area contributed by atoms with E-state index in [4.69, 9.17) is 9.47 Å². The van der Waals surface area contributed by atoms with Crippen LogP contribution >= 0.6 is 0 Å². The third kappa shape index (κ3) is 2.31. The maximum atomic E-state index is 12.2. The molecule has 1 aliphatic heterocycles. The largest absolute Gasteiger partial charge is 0.465 e. The second kappa shape index (κ2) is 5.25. The molecule has 0 atom stereocenters. The van der Waals surface area contributed by atoms with Crippen molar-refractivity contribution in [3.8, 4) is 5.75 Å². The van der Waals surface area contributed by atoms with E-state index in [1.807, 2.05) is 0 Å². The van der Waals surface area contributed by atoms with Crippen molar-refractivity contribution in [3.63, 3.8) is 0 Å². The van der Waals surface area contributed by atoms with Crippen molar-refractivity contribution >= 4 is 17.8 Å². The summed E-state index contributed by atoms with van der Waals surface area (Å²) in [5, 5.41) is 0. The van der Waals surface area contributed by atoms with Crippen molar-refractivity contribution in [1.29, 1.82) is 0 Å². The normalized spacial score (nSPS) is 14.7. The first kappa shape index (κ1) is 13.1. The Balaban J connectivity index is 2.02. The number of para-hydroxylation sites is 1. The number of hydrogen-bond acceptors (Lipinski definition) is 4. The second-order valence-corrected chi connectivity index (χ2v) is 4.51. The van der Waals surface area contributed by atoms with Crippen LogP contribution in [0.3, 0.4) is 0 Å². The number of fused-ring (bicyclic) bond motifs is 1. The number of methoxy groups -OCH3 is 1. The quantitative estimate of drug-likeness (QED) is 0.626. The highest BCUT2D eigenvalue weighted by atomic mass is 16.5. The van der Waals surface area contributed by atoms with E-state index in [9.17, 15) is 9.59 Å². The highest BCUT2D eigenvalue weighted by Gasteiger charge is 2.27. The number of rotatable bonds is 2. The van der Waals surface area contributed by atoms with Gasteiger partial charge in [0.05, 0.1) is 18.2 Å². The average Bonchev–Trinajstić information content (AvgIpc) is 2.84. The molecule has 1 aliphatic rings. The summed E-state index contributed by atoms with van der Waals surface area (Å²) in [6, 6.07) is 13.9. The number of benzene rings is 2. The van der Waals surface area contributed by atoms with Crippen LogP contribution in [0.1, 0.15) is 26.3 Å². The summed E-state index contributed by atoms with van der Waals surface area (Å²) in [7, 11) is 1.32. The molecule has 2 aromatic rings. The van der Waals surface area contributed by atoms with Crippen LogP contribution in [-0.2, 0) is 4.74 Å². The second-order valence-electron chi connectivity index (χ2n) is 4.51. The Morgan fingerprint density at radius 2 is 1.81 bits per heavy atom. The molecule has 4 nitrogen and oxygen atoms in total. The van der Waals surface area contributed by atoms with Crippen molar-refractivity contribution in [2.45, 2.75) is 0 Å². The lowest BCUT2D eigenvalue weighted by atomic mass is 10.0. The first-order chi connectivity index (χ1) is 10.2. The van der Waals surface area contributed by atoms with Gasteiger partial charge in [-0.25, -0.2) is 4.79 Å². The first-order valence-corrected chi connectivity index (χ1v) is 6.41. The molecular formula is C17H12O4. The van der Waals surface area contributed by atoms with Crippen LogP contribution in [0, 0.1) is 0 Å². The monoisotopic (exact) mass is 280 g/mol. The number of allylic oxidation sites excluding steroid dienone is 1. The summed E-state index contributed by atoms with van der Waals surface area (Å²) in [4.78, 5) is 24.0. The lowest BCUT2D eigenvalue weighted by Gasteiger charge is -2.04. The highest BCUT2D eigenvalue weighted by molar-refractivity contribution is 6.14. The number of carbonyl (C=O) groups excluding carboxylic acids is 2. The van der Waals surface area contributed by atoms with Gasteiger partial charge in [0.2, 0.25) is 5.78 Å². The summed E-state index contributed by atoms with van der Waals surface area (Å²) in [5.41, 5.74) is 1.50. The lowest BCUT2D eigenvalue weighted by Crippen LogP contribution is -2.05. The predicted molar refractivity (Wildman–Crippen MR) is 77.2 cm³/mol. The van der Waals surface area contributed by atoms with E-state index in [1.54, 1.807) is 54.6 Å². The maximum Gasteiger partial charge on any atom is 0.338 e. The molecule has 0 aromatic heterocycles. The minimum absolute atomic E-state index is 0.190. The topological polar surface area (TPSA) is 52.6 Å². The van der Waals surface area contributed by atoms with E-state index in [-0.39, 0.29) is 11.5 Å². The van der Waals surface area contributed by atoms with E-state index in [2.05, 4.69) is 0 Å². The molecule has 0 amide bonds. The van der Waals surface area contributed by atoms with E-state index < -0.39 is 5.97 Å². The molecule has 0 saturated carbocycles. The first-order valence-electron chi connectivity index (χ1n) is 6.41. The molecule has 1 heterocycles. The SMILES string of the molecule is COC(=O)c1ccccc1C=C1Oc2ccccc2C1=O. The average molecular weight is 280 g/mol. The van der Waals surface area contributed by atoms with Gasteiger partial charge in [-0.2, -0.15) is 0 Å². The highest BCUT2D eigenvalue weighted by Crippen LogP contribution is 2.31. The number of ether oxygens (including phenoxy) is 2. The molecule has 0 saturated heterocycles. The van der Waals surface area contributed by atoms with Gasteiger partial charge in [-0.3, -0.25) is 4.79 Å². The molecule has 4 heteroatoms. The Morgan fingerprint density at radius 3 is 2.57 bits per heavy atom. The molecule has 0 radical (unpaired) electrons. The lowest BCUT2D eigenvalue weighted by molar-refractivity contribution is 0.0600. The molecule has 104 valence electrons. The molecule has 0 unspecified atom stereocenters. The van der Waals surface area contributed by atoms with Crippen molar-refractivity contribution < 1.29 is 19.1 Å². The Morgan fingerprint density at radius 1 is 1.10 bits per heavy atom. The van der Waals surface area contributed by atoms with Crippen LogP contribution < -0.4 is 4.74 Å². The molecule has 3 rings (SSSR count). The Hall–Kier alpha value is -2.88. The van der Waals surface area contributed by atoms with E-state index in [1.165, 1.54) is 7.11 Å². The Labute approximate surface area is 121 Å². The van der Waals surface area contributed by atoms with Gasteiger partial charge in [-0.1, -0.05) is 30.3 Å². The molecule has 0 fully saturated rings. The molecule has 0 spiro atoms. The van der Waals surface area contributed by atoms with Gasteiger partial charge >= 0.3 is 5.97 Å². The minimum atomic E-state index is -0.453. The maximum absolute atomic E-state index is 12.2. The van der Waals surface area contributed by atoms with Crippen molar-refractivity contribution in [2.75, 3.05) is 7.11 Å². The summed E-state index contributed by atoms with van der Waals surface area (Å²) < 4.78 is 10.3. The predicted octanol–water partition coefficient (Wildman–Crippen LogP) is 3.09. The van der Waals surface area contributed by atoms with Gasteiger partial charge in [0.25, 0.3) is 0 Å². The Kier molecular flexibility index (Phi) is 3.28. The van der Waals surface area contributed by atoms with Crippen LogP contribution in [-0.4, -0.2) is 18.9 Å². The molecule has 0 N–H and O–H groups in total. The van der Waals surface area contributed by atoms with Gasteiger partial charge in [-0.05, 0) is 29.8 Å². The fraction of sp³-hybridized carbons (Fsp3) is 0.0588. The fourth-order valence-electron chi connectivity index (χ4n) is 2.20. The summed E-state index contributed by atoms with van der Waals surface area (Å²) >= 11 is 0. The van der Waals surface area contributed by atoms with Crippen LogP contribution in [0.2, 0.25) is 0 Å². The van der Waals surface area contributed by atoms with Gasteiger partial charge < -0.3 is 9.47 Å². The van der Waals surface area contributed by atoms with Crippen LogP contribution in [0.25, 0.3) is 6.08 Å². The zero-order chi connectivity index (χ0) is 14.8. The van der Waals surface area contributed by atoms with E-state index >= 15 is 0 Å². The van der Waals surface area contributed by atoms with Crippen molar-refractivity contribution in [1.82, 2.24) is 0 Å². The van der Waals surface area contributed by atoms with E-state index in [0.29, 0.717) is 22.4 Å². The standard InChI is InChI=1S/C17H12O4/c1-20-17(19)12-7-3-2-6-11(12)10-15-16(18)13-8-4-5-9-14(13)21-15/h2-10H,1H3. The number of Topliss-reactive ketones (excluding diaryl/α,β-unsaturated/α-hetero) is 1. The van der Waals surface area contributed by atoms with Crippen LogP contribution in [0.5, 0.6) is 5.75 Å². The van der Waals surface area contributed by atoms with Crippen LogP contribution in [0.15, 0.2) is 54.3 Å². The zero-order valence-electron chi connectivity index (χ0n) is 11.3. The van der Waals surface area contributed by atoms with Gasteiger partial charge in [0.15, 0.2) is 5.76 Å². The van der Waals surface area contributed by atoms with Gasteiger partial charge in [0.1, 0.15) is 5.75 Å². The van der Waals surface area contributed by atoms with Crippen molar-refractivity contribution in [3.05, 3.63) is 71.0 Å². The third-order valence-corrected chi connectivity index (χ3v) is 3.23. The van der Waals surface area contributed by atoms with Gasteiger partial charge in [-0.15, -0.1) is 0 Å². The fourth-order valence-corrected chi connectivity index (χ4v) is 2.20. The van der Waals surface area contributed by atoms with E-state index in [0.717, 1.165) is 0 Å². The number of esters is 1. The summed E-state index contributed by atoms with van der Waals surface area (Å²) in [6.07, 6.45) is 1.56. The summed E-state index contributed by atoms with van der Waals surface area (Å²) in [6.45, 7) is 0. The molecule has 2 aromatic carbocycles. The summed E-state index contributed by atoms with van der Waals surface area (Å²) in [5.74, 6) is 0.0903. The molecule has 0 bridgehead atoms. The molecular weight excluding hydrogens is 268 g/mol.